The fraction of sp³-hybridized carbons (Fsp3) is 0.385. The fourth-order valence-electron chi connectivity index (χ4n) is 2.19. The van der Waals surface area contributed by atoms with E-state index in [1.54, 1.807) is 0 Å². The van der Waals surface area contributed by atoms with Gasteiger partial charge in [0.05, 0.1) is 6.42 Å². The van der Waals surface area contributed by atoms with Crippen LogP contribution >= 0.6 is 15.9 Å². The van der Waals surface area contributed by atoms with Crippen LogP contribution in [0.25, 0.3) is 0 Å². The highest BCUT2D eigenvalue weighted by atomic mass is 79.9. The highest BCUT2D eigenvalue weighted by molar-refractivity contribution is 9.10. The van der Waals surface area contributed by atoms with Gasteiger partial charge in [-0.3, -0.25) is 0 Å². The van der Waals surface area contributed by atoms with Crippen molar-refractivity contribution in [3.8, 4) is 0 Å². The van der Waals surface area contributed by atoms with Crippen LogP contribution in [0.3, 0.4) is 0 Å². The van der Waals surface area contributed by atoms with Crippen LogP contribution in [-0.4, -0.2) is 23.2 Å². The van der Waals surface area contributed by atoms with Gasteiger partial charge in [0, 0.05) is 16.9 Å². The van der Waals surface area contributed by atoms with Crippen LogP contribution in [0.15, 0.2) is 33.3 Å². The molecule has 0 spiro atoms. The van der Waals surface area contributed by atoms with E-state index in [0.717, 1.165) is 35.4 Å². The summed E-state index contributed by atoms with van der Waals surface area (Å²) in [4.78, 5) is 4.49. The van der Waals surface area contributed by atoms with Crippen molar-refractivity contribution in [3.05, 3.63) is 46.0 Å². The molecule has 18 heavy (non-hydrogen) atoms. The van der Waals surface area contributed by atoms with Crippen molar-refractivity contribution in [1.29, 1.82) is 0 Å². The molecule has 0 amide bonds. The molecular weight excluding hydrogens is 294 g/mol. The molecule has 0 aliphatic carbocycles. The van der Waals surface area contributed by atoms with E-state index in [9.17, 15) is 0 Å². The minimum atomic E-state index is 0.404. The van der Waals surface area contributed by atoms with E-state index in [-0.39, 0.29) is 0 Å². The summed E-state index contributed by atoms with van der Waals surface area (Å²) in [6.07, 6.45) is 1.77. The van der Waals surface area contributed by atoms with Gasteiger partial charge < -0.3 is 9.84 Å². The van der Waals surface area contributed by atoms with Crippen LogP contribution in [0.1, 0.15) is 29.6 Å². The monoisotopic (exact) mass is 307 g/mol. The summed E-state index contributed by atoms with van der Waals surface area (Å²) in [7, 11) is 0. The Bertz CT molecular complexity index is 535. The molecule has 2 aromatic rings. The van der Waals surface area contributed by atoms with Gasteiger partial charge in [0.2, 0.25) is 5.89 Å². The lowest BCUT2D eigenvalue weighted by Gasteiger charge is -2.00. The van der Waals surface area contributed by atoms with E-state index in [0.29, 0.717) is 18.2 Å². The highest BCUT2D eigenvalue weighted by Crippen LogP contribution is 2.22. The lowest BCUT2D eigenvalue weighted by Crippen LogP contribution is -2.08. The number of aromatic nitrogens is 2. The quantitative estimate of drug-likeness (QED) is 0.946. The summed E-state index contributed by atoms with van der Waals surface area (Å²) >= 11 is 3.53. The van der Waals surface area contributed by atoms with E-state index in [2.05, 4.69) is 37.5 Å². The van der Waals surface area contributed by atoms with Crippen LogP contribution in [0.2, 0.25) is 0 Å². The third-order valence-corrected chi connectivity index (χ3v) is 3.98. The summed E-state index contributed by atoms with van der Waals surface area (Å²) in [5.41, 5.74) is 1.16. The summed E-state index contributed by atoms with van der Waals surface area (Å²) in [6.45, 7) is 1.99. The molecule has 0 radical (unpaired) electrons. The number of nitrogens with zero attached hydrogens (tertiary/aromatic N) is 2. The Morgan fingerprint density at radius 3 is 3.06 bits per heavy atom. The molecule has 94 valence electrons. The predicted octanol–water partition coefficient (Wildman–Crippen LogP) is 2.50. The summed E-state index contributed by atoms with van der Waals surface area (Å²) in [5.74, 6) is 1.92. The Morgan fingerprint density at radius 2 is 2.28 bits per heavy atom. The predicted molar refractivity (Wildman–Crippen MR) is 71.5 cm³/mol. The molecule has 4 nitrogen and oxygen atoms in total. The molecule has 2 heterocycles. The first-order valence-electron chi connectivity index (χ1n) is 6.09. The van der Waals surface area contributed by atoms with Gasteiger partial charge in [-0.15, -0.1) is 0 Å². The Morgan fingerprint density at radius 1 is 1.39 bits per heavy atom. The first-order chi connectivity index (χ1) is 8.83. The number of halogens is 1. The van der Waals surface area contributed by atoms with Crippen LogP contribution in [-0.2, 0) is 6.42 Å². The van der Waals surface area contributed by atoms with E-state index in [1.165, 1.54) is 0 Å². The molecular formula is C13H14BrN3O. The van der Waals surface area contributed by atoms with Crippen LogP contribution in [0.5, 0.6) is 0 Å². The zero-order valence-electron chi connectivity index (χ0n) is 9.90. The SMILES string of the molecule is Brc1ccccc1Cc1nc(C2CCNC2)no1. The molecule has 1 aliphatic heterocycles. The van der Waals surface area contributed by atoms with Gasteiger partial charge in [-0.25, -0.2) is 0 Å². The van der Waals surface area contributed by atoms with Gasteiger partial charge in [-0.05, 0) is 24.6 Å². The highest BCUT2D eigenvalue weighted by Gasteiger charge is 2.22. The Hall–Kier alpha value is -1.20. The Kier molecular flexibility index (Phi) is 3.43. The minimum Gasteiger partial charge on any atom is -0.339 e. The van der Waals surface area contributed by atoms with Gasteiger partial charge in [0.15, 0.2) is 5.82 Å². The lowest BCUT2D eigenvalue weighted by atomic mass is 10.1. The molecule has 3 rings (SSSR count). The molecule has 5 heteroatoms. The van der Waals surface area contributed by atoms with Gasteiger partial charge in [-0.1, -0.05) is 39.3 Å². The number of hydrogen-bond donors (Lipinski definition) is 1. The first kappa shape index (κ1) is 11.9. The topological polar surface area (TPSA) is 51.0 Å². The second-order valence-electron chi connectivity index (χ2n) is 4.50. The zero-order chi connectivity index (χ0) is 12.4. The second-order valence-corrected chi connectivity index (χ2v) is 5.36. The first-order valence-corrected chi connectivity index (χ1v) is 6.89. The van der Waals surface area contributed by atoms with Crippen molar-refractivity contribution in [2.45, 2.75) is 18.8 Å². The van der Waals surface area contributed by atoms with Gasteiger partial charge in [0.1, 0.15) is 0 Å². The molecule has 1 aromatic carbocycles. The van der Waals surface area contributed by atoms with Crippen molar-refractivity contribution in [2.24, 2.45) is 0 Å². The third kappa shape index (κ3) is 2.47. The molecule has 1 fully saturated rings. The molecule has 1 atom stereocenters. The largest absolute Gasteiger partial charge is 0.339 e. The summed E-state index contributed by atoms with van der Waals surface area (Å²) < 4.78 is 6.40. The van der Waals surface area contributed by atoms with Gasteiger partial charge >= 0.3 is 0 Å². The number of nitrogens with one attached hydrogen (secondary N) is 1. The van der Waals surface area contributed by atoms with Crippen molar-refractivity contribution >= 4 is 15.9 Å². The maximum Gasteiger partial charge on any atom is 0.231 e. The lowest BCUT2D eigenvalue weighted by molar-refractivity contribution is 0.376. The average molecular weight is 308 g/mol. The number of rotatable bonds is 3. The van der Waals surface area contributed by atoms with E-state index in [1.807, 2.05) is 18.2 Å². The molecule has 1 unspecified atom stereocenters. The molecule has 0 bridgehead atoms. The molecule has 1 aliphatic rings. The summed E-state index contributed by atoms with van der Waals surface area (Å²) in [6, 6.07) is 8.09. The average Bonchev–Trinajstić information content (AvgIpc) is 3.02. The van der Waals surface area contributed by atoms with Gasteiger partial charge in [0.25, 0.3) is 0 Å². The van der Waals surface area contributed by atoms with Crippen LogP contribution in [0, 0.1) is 0 Å². The maximum absolute atomic E-state index is 5.33. The van der Waals surface area contributed by atoms with Crippen molar-refractivity contribution in [3.63, 3.8) is 0 Å². The second kappa shape index (κ2) is 5.20. The molecule has 1 N–H and O–H groups in total. The molecule has 1 saturated heterocycles. The van der Waals surface area contributed by atoms with Crippen molar-refractivity contribution in [2.75, 3.05) is 13.1 Å². The third-order valence-electron chi connectivity index (χ3n) is 3.21. The summed E-state index contributed by atoms with van der Waals surface area (Å²) in [5, 5.41) is 7.39. The van der Waals surface area contributed by atoms with E-state index in [4.69, 9.17) is 4.52 Å². The van der Waals surface area contributed by atoms with Crippen LogP contribution < -0.4 is 5.32 Å². The Labute approximate surface area is 114 Å². The minimum absolute atomic E-state index is 0.404. The number of hydrogen-bond acceptors (Lipinski definition) is 4. The Balaban J connectivity index is 1.75. The normalized spacial score (nSPS) is 19.3. The van der Waals surface area contributed by atoms with Crippen molar-refractivity contribution < 1.29 is 4.52 Å². The van der Waals surface area contributed by atoms with Crippen molar-refractivity contribution in [1.82, 2.24) is 15.5 Å². The van der Waals surface area contributed by atoms with E-state index < -0.39 is 0 Å². The molecule has 0 saturated carbocycles. The molecule has 1 aromatic heterocycles. The number of benzene rings is 1. The van der Waals surface area contributed by atoms with Gasteiger partial charge in [-0.2, -0.15) is 4.98 Å². The fourth-order valence-corrected chi connectivity index (χ4v) is 2.61. The maximum atomic E-state index is 5.33. The zero-order valence-corrected chi connectivity index (χ0v) is 11.5. The standard InChI is InChI=1S/C13H14BrN3O/c14-11-4-2-1-3-9(11)7-12-16-13(17-18-12)10-5-6-15-8-10/h1-4,10,15H,5-8H2. The smallest absolute Gasteiger partial charge is 0.231 e. The van der Waals surface area contributed by atoms with E-state index >= 15 is 0 Å². The van der Waals surface area contributed by atoms with Crippen LogP contribution in [0.4, 0.5) is 0 Å².